The highest BCUT2D eigenvalue weighted by molar-refractivity contribution is 7.93. The molecule has 3 aromatic rings. The number of alkyl halides is 3. The molecule has 1 aliphatic rings. The van der Waals surface area contributed by atoms with Crippen LogP contribution in [0.15, 0.2) is 48.5 Å². The quantitative estimate of drug-likeness (QED) is 0.584. The highest BCUT2D eigenvalue weighted by Gasteiger charge is 2.34. The van der Waals surface area contributed by atoms with Crippen molar-refractivity contribution in [3.63, 3.8) is 0 Å². The predicted octanol–water partition coefficient (Wildman–Crippen LogP) is 3.98. The fourth-order valence-corrected chi connectivity index (χ4v) is 5.56. The molecule has 1 amide bonds. The maximum atomic E-state index is 13.8. The average Bonchev–Trinajstić information content (AvgIpc) is 3.31. The minimum atomic E-state index is -4.62. The third-order valence-electron chi connectivity index (χ3n) is 5.61. The van der Waals surface area contributed by atoms with Crippen LogP contribution in [0.5, 0.6) is 0 Å². The maximum absolute atomic E-state index is 13.8. The molecule has 0 aliphatic carbocycles. The number of nitrogens with zero attached hydrogens (tertiary/aromatic N) is 3. The highest BCUT2D eigenvalue weighted by atomic mass is 32.2. The molecular weight excluding hydrogens is 469 g/mol. The number of sulfonamides is 1. The Labute approximate surface area is 195 Å². The Morgan fingerprint density at radius 1 is 1.06 bits per heavy atom. The van der Waals surface area contributed by atoms with Gasteiger partial charge in [0.05, 0.1) is 28.4 Å². The van der Waals surface area contributed by atoms with Crippen LogP contribution in [-0.2, 0) is 22.7 Å². The fourth-order valence-electron chi connectivity index (χ4n) is 3.99. The molecule has 1 fully saturated rings. The van der Waals surface area contributed by atoms with Crippen molar-refractivity contribution in [3.05, 3.63) is 76.6 Å². The minimum absolute atomic E-state index is 0.0779. The number of nitrogens with one attached hydrogen (secondary N) is 1. The molecule has 2 heterocycles. The first kappa shape index (κ1) is 23.8. The van der Waals surface area contributed by atoms with Gasteiger partial charge in [0.25, 0.3) is 5.91 Å². The standard InChI is InChI=1S/C23H23F3N4O3S/c1-15-12-16(2)30(28-15)20-9-6-18(21(13-20)23(24,25)26)14-27-22(31)17-4-7-19(8-5-17)29-10-3-11-34(29,32)33/h4-9,12-13H,3,10-11,14H2,1-2H3,(H,27,31). The van der Waals surface area contributed by atoms with Crippen molar-refractivity contribution in [1.82, 2.24) is 15.1 Å². The number of hydrogen-bond acceptors (Lipinski definition) is 4. The largest absolute Gasteiger partial charge is 0.416 e. The molecule has 1 aromatic heterocycles. The van der Waals surface area contributed by atoms with Crippen LogP contribution in [0, 0.1) is 13.8 Å². The normalized spacial score (nSPS) is 15.5. The first-order valence-electron chi connectivity index (χ1n) is 10.6. The molecule has 0 bridgehead atoms. The van der Waals surface area contributed by atoms with E-state index < -0.39 is 27.7 Å². The summed E-state index contributed by atoms with van der Waals surface area (Å²) in [6, 6.07) is 11.6. The van der Waals surface area contributed by atoms with E-state index >= 15 is 0 Å². The average molecular weight is 493 g/mol. The van der Waals surface area contributed by atoms with E-state index in [0.29, 0.717) is 30.0 Å². The molecule has 0 saturated carbocycles. The lowest BCUT2D eigenvalue weighted by molar-refractivity contribution is -0.138. The smallest absolute Gasteiger partial charge is 0.348 e. The number of rotatable bonds is 5. The number of anilines is 1. The van der Waals surface area contributed by atoms with E-state index in [1.807, 2.05) is 0 Å². The molecule has 11 heteroatoms. The van der Waals surface area contributed by atoms with Gasteiger partial charge in [0, 0.05) is 24.3 Å². The Morgan fingerprint density at radius 3 is 2.29 bits per heavy atom. The van der Waals surface area contributed by atoms with Crippen molar-refractivity contribution in [1.29, 1.82) is 0 Å². The van der Waals surface area contributed by atoms with E-state index in [0.717, 1.165) is 6.07 Å². The second-order valence-corrected chi connectivity index (χ2v) is 10.2. The van der Waals surface area contributed by atoms with E-state index in [1.165, 1.54) is 45.4 Å². The van der Waals surface area contributed by atoms with Gasteiger partial charge in [0.2, 0.25) is 10.0 Å². The van der Waals surface area contributed by atoms with Crippen LogP contribution in [0.25, 0.3) is 5.69 Å². The van der Waals surface area contributed by atoms with Gasteiger partial charge in [0.1, 0.15) is 0 Å². The number of amides is 1. The lowest BCUT2D eigenvalue weighted by atomic mass is 10.1. The van der Waals surface area contributed by atoms with Gasteiger partial charge in [-0.25, -0.2) is 13.1 Å². The zero-order chi connectivity index (χ0) is 24.7. The monoisotopic (exact) mass is 492 g/mol. The Morgan fingerprint density at radius 2 is 1.74 bits per heavy atom. The summed E-state index contributed by atoms with van der Waals surface area (Å²) >= 11 is 0. The lowest BCUT2D eigenvalue weighted by Gasteiger charge is -2.17. The zero-order valence-corrected chi connectivity index (χ0v) is 19.4. The summed E-state index contributed by atoms with van der Waals surface area (Å²) in [5.74, 6) is -0.485. The van der Waals surface area contributed by atoms with Crippen molar-refractivity contribution >= 4 is 21.6 Å². The number of hydrogen-bond donors (Lipinski definition) is 1. The van der Waals surface area contributed by atoms with Gasteiger partial charge in [0.15, 0.2) is 0 Å². The predicted molar refractivity (Wildman–Crippen MR) is 121 cm³/mol. The van der Waals surface area contributed by atoms with E-state index in [9.17, 15) is 26.4 Å². The van der Waals surface area contributed by atoms with Gasteiger partial charge in [-0.2, -0.15) is 18.3 Å². The molecule has 1 aliphatic heterocycles. The Balaban J connectivity index is 1.51. The van der Waals surface area contributed by atoms with Crippen LogP contribution < -0.4 is 9.62 Å². The Kier molecular flexibility index (Phi) is 6.15. The third-order valence-corrected chi connectivity index (χ3v) is 7.48. The van der Waals surface area contributed by atoms with Gasteiger partial charge in [-0.3, -0.25) is 9.10 Å². The number of carbonyl (C=O) groups excluding carboxylic acids is 1. The molecule has 0 unspecified atom stereocenters. The van der Waals surface area contributed by atoms with Gasteiger partial charge in [-0.15, -0.1) is 0 Å². The van der Waals surface area contributed by atoms with Crippen LogP contribution in [0.1, 0.15) is 39.3 Å². The SMILES string of the molecule is Cc1cc(C)n(-c2ccc(CNC(=O)c3ccc(N4CCCS4(=O)=O)cc3)c(C(F)(F)F)c2)n1. The number of carbonyl (C=O) groups is 1. The van der Waals surface area contributed by atoms with Crippen LogP contribution in [-0.4, -0.2) is 36.4 Å². The van der Waals surface area contributed by atoms with E-state index in [2.05, 4.69) is 10.4 Å². The molecule has 1 saturated heterocycles. The van der Waals surface area contributed by atoms with Gasteiger partial charge in [-0.05, 0) is 68.3 Å². The number of halogens is 3. The number of benzene rings is 2. The Bertz CT molecular complexity index is 1330. The summed E-state index contributed by atoms with van der Waals surface area (Å²) in [5, 5.41) is 6.74. The van der Waals surface area contributed by atoms with Gasteiger partial charge < -0.3 is 5.32 Å². The molecule has 180 valence electrons. The zero-order valence-electron chi connectivity index (χ0n) is 18.6. The van der Waals surface area contributed by atoms with Crippen LogP contribution in [0.3, 0.4) is 0 Å². The van der Waals surface area contributed by atoms with Crippen molar-refractivity contribution in [2.24, 2.45) is 0 Å². The van der Waals surface area contributed by atoms with Crippen molar-refractivity contribution in [2.75, 3.05) is 16.6 Å². The first-order chi connectivity index (χ1) is 16.0. The topological polar surface area (TPSA) is 84.3 Å². The summed E-state index contributed by atoms with van der Waals surface area (Å²) in [4.78, 5) is 12.5. The van der Waals surface area contributed by atoms with Crippen molar-refractivity contribution in [2.45, 2.75) is 33.0 Å². The van der Waals surface area contributed by atoms with Gasteiger partial charge in [-0.1, -0.05) is 6.07 Å². The summed E-state index contributed by atoms with van der Waals surface area (Å²) in [5.41, 5.74) is 1.41. The molecule has 0 spiro atoms. The molecule has 7 nitrogen and oxygen atoms in total. The van der Waals surface area contributed by atoms with Crippen molar-refractivity contribution < 1.29 is 26.4 Å². The molecule has 0 atom stereocenters. The van der Waals surface area contributed by atoms with Crippen LogP contribution in [0.2, 0.25) is 0 Å². The van der Waals surface area contributed by atoms with Crippen LogP contribution >= 0.6 is 0 Å². The highest BCUT2D eigenvalue weighted by Crippen LogP contribution is 2.34. The Hall–Kier alpha value is -3.34. The second-order valence-electron chi connectivity index (χ2n) is 8.15. The first-order valence-corrected chi connectivity index (χ1v) is 12.2. The molecule has 0 radical (unpaired) electrons. The molecule has 1 N–H and O–H groups in total. The van der Waals surface area contributed by atoms with Gasteiger partial charge >= 0.3 is 6.18 Å². The summed E-state index contributed by atoms with van der Waals surface area (Å²) < 4.78 is 68.1. The molecular formula is C23H23F3N4O3S. The van der Waals surface area contributed by atoms with Crippen molar-refractivity contribution in [3.8, 4) is 5.69 Å². The summed E-state index contributed by atoms with van der Waals surface area (Å²) in [6.45, 7) is 3.57. The molecule has 2 aromatic carbocycles. The second kappa shape index (κ2) is 8.79. The van der Waals surface area contributed by atoms with E-state index in [-0.39, 0.29) is 29.1 Å². The number of aromatic nitrogens is 2. The summed E-state index contributed by atoms with van der Waals surface area (Å²) in [6.07, 6.45) is -4.08. The van der Waals surface area contributed by atoms with E-state index in [1.54, 1.807) is 19.9 Å². The fraction of sp³-hybridized carbons (Fsp3) is 0.304. The molecule has 4 rings (SSSR count). The lowest BCUT2D eigenvalue weighted by Crippen LogP contribution is -2.26. The minimum Gasteiger partial charge on any atom is -0.348 e. The van der Waals surface area contributed by atoms with Crippen LogP contribution in [0.4, 0.5) is 18.9 Å². The van der Waals surface area contributed by atoms with E-state index in [4.69, 9.17) is 0 Å². The summed E-state index contributed by atoms with van der Waals surface area (Å²) in [7, 11) is -3.34. The maximum Gasteiger partial charge on any atom is 0.416 e. The third kappa shape index (κ3) is 4.79. The number of aryl methyl sites for hydroxylation is 2. The molecule has 34 heavy (non-hydrogen) atoms.